The lowest BCUT2D eigenvalue weighted by molar-refractivity contribution is -0.133. The molecule has 0 N–H and O–H groups in total. The average molecular weight is 561 g/mol. The van der Waals surface area contributed by atoms with Crippen LogP contribution >= 0.6 is 11.3 Å². The fraction of sp³-hybridized carbons (Fsp3) is 0.452. The molecule has 40 heavy (non-hydrogen) atoms. The highest BCUT2D eigenvalue weighted by atomic mass is 32.1. The maximum Gasteiger partial charge on any atom is 0.236 e. The maximum absolute atomic E-state index is 13.4. The summed E-state index contributed by atoms with van der Waals surface area (Å²) < 4.78 is 15.6. The third-order valence-electron chi connectivity index (χ3n) is 8.38. The Hall–Kier alpha value is -3.30. The number of amides is 1. The van der Waals surface area contributed by atoms with E-state index < -0.39 is 0 Å². The standard InChI is InChI=1S/C31H37FN6OS/c1-3-26-30(35(2)31-34-27(21-40-31)23-7-10-25(32)11-8-23)38-19-24(9-12-28(38)33-26)22-13-17-36(18-14-22)20-29(39)37-15-5-4-6-16-37/h7-12,19,21-22H,3-6,13-18,20H2,1-2H3. The lowest BCUT2D eigenvalue weighted by Gasteiger charge is -2.34. The normalized spacial score (nSPS) is 17.0. The molecule has 2 aliphatic rings. The highest BCUT2D eigenvalue weighted by Gasteiger charge is 2.26. The molecule has 0 spiro atoms. The second-order valence-electron chi connectivity index (χ2n) is 11.0. The Morgan fingerprint density at radius 2 is 1.77 bits per heavy atom. The topological polar surface area (TPSA) is 57.0 Å². The molecule has 0 saturated carbocycles. The quantitative estimate of drug-likeness (QED) is 0.273. The van der Waals surface area contributed by atoms with E-state index in [1.807, 2.05) is 12.4 Å². The summed E-state index contributed by atoms with van der Waals surface area (Å²) in [6, 6.07) is 10.8. The van der Waals surface area contributed by atoms with E-state index in [9.17, 15) is 9.18 Å². The molecule has 0 aliphatic carbocycles. The predicted molar refractivity (Wildman–Crippen MR) is 159 cm³/mol. The summed E-state index contributed by atoms with van der Waals surface area (Å²) in [5.74, 6) is 1.54. The molecule has 2 saturated heterocycles. The molecule has 1 aromatic carbocycles. The van der Waals surface area contributed by atoms with E-state index in [4.69, 9.17) is 9.97 Å². The molecule has 6 rings (SSSR count). The number of rotatable bonds is 7. The number of anilines is 2. The summed E-state index contributed by atoms with van der Waals surface area (Å²) in [5, 5.41) is 2.89. The number of aryl methyl sites for hydroxylation is 1. The lowest BCUT2D eigenvalue weighted by atomic mass is 9.90. The highest BCUT2D eigenvalue weighted by Crippen LogP contribution is 2.35. The summed E-state index contributed by atoms with van der Waals surface area (Å²) in [5.41, 5.74) is 5.02. The molecule has 210 valence electrons. The first-order valence-corrected chi connectivity index (χ1v) is 15.3. The minimum atomic E-state index is -0.248. The van der Waals surface area contributed by atoms with E-state index in [1.165, 1.54) is 24.1 Å². The number of pyridine rings is 1. The number of halogens is 1. The molecular weight excluding hydrogens is 523 g/mol. The number of likely N-dealkylation sites (tertiary alicyclic amines) is 2. The van der Waals surface area contributed by atoms with Crippen LogP contribution in [0.2, 0.25) is 0 Å². The van der Waals surface area contributed by atoms with Gasteiger partial charge in [-0.3, -0.25) is 14.1 Å². The van der Waals surface area contributed by atoms with Crippen molar-refractivity contribution in [1.82, 2.24) is 24.2 Å². The number of imidazole rings is 1. The summed E-state index contributed by atoms with van der Waals surface area (Å²) in [6.45, 7) is 6.42. The molecule has 0 bridgehead atoms. The van der Waals surface area contributed by atoms with Gasteiger partial charge in [-0.15, -0.1) is 11.3 Å². The number of carbonyl (C=O) groups excluding carboxylic acids is 1. The number of piperidine rings is 2. The van der Waals surface area contributed by atoms with Crippen LogP contribution in [0.5, 0.6) is 0 Å². The number of benzene rings is 1. The van der Waals surface area contributed by atoms with Crippen LogP contribution in [0.25, 0.3) is 16.9 Å². The van der Waals surface area contributed by atoms with Gasteiger partial charge in [0.25, 0.3) is 0 Å². The van der Waals surface area contributed by atoms with E-state index in [0.717, 1.165) is 91.8 Å². The van der Waals surface area contributed by atoms with Crippen LogP contribution in [0.4, 0.5) is 15.3 Å². The maximum atomic E-state index is 13.4. The monoisotopic (exact) mass is 560 g/mol. The molecule has 0 atom stereocenters. The summed E-state index contributed by atoms with van der Waals surface area (Å²) in [4.78, 5) is 29.1. The van der Waals surface area contributed by atoms with Gasteiger partial charge in [0.15, 0.2) is 5.13 Å². The number of hydrogen-bond acceptors (Lipinski definition) is 6. The van der Waals surface area contributed by atoms with Gasteiger partial charge in [0.1, 0.15) is 17.3 Å². The number of fused-ring (bicyclic) bond motifs is 1. The summed E-state index contributed by atoms with van der Waals surface area (Å²) >= 11 is 1.57. The fourth-order valence-corrected chi connectivity index (χ4v) is 6.85. The van der Waals surface area contributed by atoms with Crippen molar-refractivity contribution >= 4 is 33.8 Å². The molecule has 3 aromatic heterocycles. The van der Waals surface area contributed by atoms with Crippen molar-refractivity contribution in [3.05, 3.63) is 65.0 Å². The van der Waals surface area contributed by atoms with Gasteiger partial charge in [-0.2, -0.15) is 0 Å². The first-order chi connectivity index (χ1) is 19.5. The van der Waals surface area contributed by atoms with Crippen molar-refractivity contribution in [3.63, 3.8) is 0 Å². The van der Waals surface area contributed by atoms with E-state index in [1.54, 1.807) is 23.5 Å². The predicted octanol–water partition coefficient (Wildman–Crippen LogP) is 6.12. The van der Waals surface area contributed by atoms with Gasteiger partial charge < -0.3 is 9.80 Å². The van der Waals surface area contributed by atoms with E-state index in [0.29, 0.717) is 18.4 Å². The third kappa shape index (κ3) is 5.49. The molecule has 4 aromatic rings. The van der Waals surface area contributed by atoms with Crippen LogP contribution in [0.15, 0.2) is 48.0 Å². The van der Waals surface area contributed by atoms with Crippen molar-refractivity contribution in [1.29, 1.82) is 0 Å². The van der Waals surface area contributed by atoms with Crippen LogP contribution in [-0.2, 0) is 11.2 Å². The largest absolute Gasteiger partial charge is 0.342 e. The number of carbonyl (C=O) groups is 1. The van der Waals surface area contributed by atoms with E-state index in [-0.39, 0.29) is 5.82 Å². The zero-order chi connectivity index (χ0) is 27.6. The van der Waals surface area contributed by atoms with Gasteiger partial charge >= 0.3 is 0 Å². The van der Waals surface area contributed by atoms with Crippen LogP contribution in [0.1, 0.15) is 56.2 Å². The molecular formula is C31H37FN6OS. The zero-order valence-corrected chi connectivity index (χ0v) is 24.2. The SMILES string of the molecule is CCc1nc2ccc(C3CCN(CC(=O)N4CCCCC4)CC3)cn2c1N(C)c1nc(-c2ccc(F)cc2)cs1. The van der Waals surface area contributed by atoms with Gasteiger partial charge in [0.05, 0.1) is 17.9 Å². The minimum absolute atomic E-state index is 0.248. The Bertz CT molecular complexity index is 1470. The second-order valence-corrected chi connectivity index (χ2v) is 11.8. The Balaban J connectivity index is 1.19. The van der Waals surface area contributed by atoms with Crippen molar-refractivity contribution in [2.45, 2.75) is 51.4 Å². The molecule has 7 nitrogen and oxygen atoms in total. The third-order valence-corrected chi connectivity index (χ3v) is 9.30. The molecule has 0 radical (unpaired) electrons. The van der Waals surface area contributed by atoms with Crippen molar-refractivity contribution in [2.75, 3.05) is 44.7 Å². The molecule has 9 heteroatoms. The van der Waals surface area contributed by atoms with Gasteiger partial charge in [0.2, 0.25) is 5.91 Å². The zero-order valence-electron chi connectivity index (χ0n) is 23.4. The lowest BCUT2D eigenvalue weighted by Crippen LogP contribution is -2.44. The molecule has 0 unspecified atom stereocenters. The van der Waals surface area contributed by atoms with Crippen molar-refractivity contribution in [3.8, 4) is 11.3 Å². The average Bonchev–Trinajstić information content (AvgIpc) is 3.63. The second kappa shape index (κ2) is 11.7. The van der Waals surface area contributed by atoms with Gasteiger partial charge in [-0.1, -0.05) is 13.0 Å². The number of nitrogens with zero attached hydrogens (tertiary/aromatic N) is 6. The van der Waals surface area contributed by atoms with Crippen molar-refractivity contribution < 1.29 is 9.18 Å². The molecule has 2 fully saturated rings. The van der Waals surface area contributed by atoms with Gasteiger partial charge in [-0.25, -0.2) is 14.4 Å². The Labute approximate surface area is 239 Å². The first-order valence-electron chi connectivity index (χ1n) is 14.5. The number of aromatic nitrogens is 3. The van der Waals surface area contributed by atoms with Crippen LogP contribution in [0.3, 0.4) is 0 Å². The Kier molecular flexibility index (Phi) is 7.85. The Morgan fingerprint density at radius 3 is 2.50 bits per heavy atom. The van der Waals surface area contributed by atoms with Crippen molar-refractivity contribution in [2.24, 2.45) is 0 Å². The number of hydrogen-bond donors (Lipinski definition) is 0. The smallest absolute Gasteiger partial charge is 0.236 e. The number of thiazole rings is 1. The van der Waals surface area contributed by atoms with Crippen LogP contribution in [0, 0.1) is 5.82 Å². The molecule has 2 aliphatic heterocycles. The molecule has 5 heterocycles. The van der Waals surface area contributed by atoms with Crippen LogP contribution in [-0.4, -0.2) is 69.8 Å². The van der Waals surface area contributed by atoms with E-state index >= 15 is 0 Å². The van der Waals surface area contributed by atoms with Gasteiger partial charge in [0, 0.05) is 37.3 Å². The Morgan fingerprint density at radius 1 is 1.02 bits per heavy atom. The van der Waals surface area contributed by atoms with E-state index in [2.05, 4.69) is 44.4 Å². The van der Waals surface area contributed by atoms with Crippen LogP contribution < -0.4 is 4.90 Å². The highest BCUT2D eigenvalue weighted by molar-refractivity contribution is 7.14. The first kappa shape index (κ1) is 26.9. The summed E-state index contributed by atoms with van der Waals surface area (Å²) in [7, 11) is 2.04. The minimum Gasteiger partial charge on any atom is -0.342 e. The molecule has 1 amide bonds. The van der Waals surface area contributed by atoms with Gasteiger partial charge in [-0.05, 0) is 93.4 Å². The fourth-order valence-electron chi connectivity index (χ4n) is 6.05. The summed E-state index contributed by atoms with van der Waals surface area (Å²) in [6.07, 6.45) is 8.68.